The molecule has 0 aromatic rings. The standard InChI is InChI=1S/C21H38N2O4/c1-14-8-9-17-15(2)18(22-12-6-7-13-23(4)5)24-19-21(17)16(14)10-11-20(3,25-19)26-27-21/h14-19,22H,6-13H2,1-5H3/t14-,15-,16+,17+,18?,19-,20+,21-/m1/s1. The van der Waals surface area contributed by atoms with E-state index < -0.39 is 11.4 Å². The fourth-order valence-corrected chi connectivity index (χ4v) is 5.94. The van der Waals surface area contributed by atoms with Gasteiger partial charge in [0.25, 0.3) is 0 Å². The Kier molecular flexibility index (Phi) is 5.60. The van der Waals surface area contributed by atoms with Crippen molar-refractivity contribution in [1.29, 1.82) is 0 Å². The van der Waals surface area contributed by atoms with Crippen molar-refractivity contribution in [1.82, 2.24) is 10.2 Å². The summed E-state index contributed by atoms with van der Waals surface area (Å²) in [6.07, 6.45) is 6.39. The highest BCUT2D eigenvalue weighted by Crippen LogP contribution is 2.60. The minimum absolute atomic E-state index is 0.0191. The van der Waals surface area contributed by atoms with Crippen molar-refractivity contribution >= 4 is 0 Å². The fourth-order valence-electron chi connectivity index (χ4n) is 5.94. The molecule has 1 spiro atoms. The first-order chi connectivity index (χ1) is 12.9. The van der Waals surface area contributed by atoms with Gasteiger partial charge in [-0.25, -0.2) is 9.78 Å². The fraction of sp³-hybridized carbons (Fsp3) is 1.00. The van der Waals surface area contributed by atoms with E-state index in [4.69, 9.17) is 19.2 Å². The van der Waals surface area contributed by atoms with Crippen LogP contribution in [0.2, 0.25) is 0 Å². The Morgan fingerprint density at radius 1 is 1.04 bits per heavy atom. The first kappa shape index (κ1) is 20.0. The summed E-state index contributed by atoms with van der Waals surface area (Å²) < 4.78 is 12.9. The average Bonchev–Trinajstić information content (AvgIpc) is 2.84. The quantitative estimate of drug-likeness (QED) is 0.563. The molecule has 0 amide bonds. The van der Waals surface area contributed by atoms with Crippen LogP contribution in [0.5, 0.6) is 0 Å². The normalized spacial score (nSPS) is 49.1. The van der Waals surface area contributed by atoms with Gasteiger partial charge in [-0.2, -0.15) is 0 Å². The summed E-state index contributed by atoms with van der Waals surface area (Å²) in [5, 5.41) is 3.66. The van der Waals surface area contributed by atoms with E-state index in [1.54, 1.807) is 0 Å². The first-order valence-electron chi connectivity index (χ1n) is 10.9. The molecule has 0 aromatic carbocycles. The van der Waals surface area contributed by atoms with Crippen LogP contribution in [0.4, 0.5) is 0 Å². The molecule has 27 heavy (non-hydrogen) atoms. The van der Waals surface area contributed by atoms with Crippen molar-refractivity contribution in [2.75, 3.05) is 27.2 Å². The number of nitrogens with one attached hydrogen (secondary N) is 1. The highest BCUT2D eigenvalue weighted by atomic mass is 17.3. The summed E-state index contributed by atoms with van der Waals surface area (Å²) in [6, 6.07) is 0. The van der Waals surface area contributed by atoms with Gasteiger partial charge in [0.05, 0.1) is 0 Å². The van der Waals surface area contributed by atoms with E-state index in [9.17, 15) is 0 Å². The molecule has 6 heteroatoms. The van der Waals surface area contributed by atoms with Gasteiger partial charge in [-0.1, -0.05) is 13.8 Å². The van der Waals surface area contributed by atoms with Crippen molar-refractivity contribution in [2.24, 2.45) is 23.7 Å². The largest absolute Gasteiger partial charge is 0.331 e. The average molecular weight is 383 g/mol. The molecule has 0 aromatic heterocycles. The molecular weight excluding hydrogens is 344 g/mol. The molecule has 1 aliphatic carbocycles. The lowest BCUT2D eigenvalue weighted by Crippen LogP contribution is -2.71. The van der Waals surface area contributed by atoms with Crippen LogP contribution in [0.15, 0.2) is 0 Å². The van der Waals surface area contributed by atoms with E-state index in [2.05, 4.69) is 38.2 Å². The number of rotatable bonds is 6. The summed E-state index contributed by atoms with van der Waals surface area (Å²) in [4.78, 5) is 14.3. The minimum atomic E-state index is -0.686. The molecule has 5 aliphatic rings. The van der Waals surface area contributed by atoms with E-state index in [-0.39, 0.29) is 12.5 Å². The van der Waals surface area contributed by atoms with Crippen molar-refractivity contribution in [2.45, 2.75) is 83.2 Å². The summed E-state index contributed by atoms with van der Waals surface area (Å²) in [6.45, 7) is 8.76. The molecule has 4 aliphatic heterocycles. The van der Waals surface area contributed by atoms with Crippen LogP contribution in [-0.2, 0) is 19.2 Å². The molecule has 4 saturated heterocycles. The smallest absolute Gasteiger partial charge is 0.201 e. The molecule has 6 nitrogen and oxygen atoms in total. The van der Waals surface area contributed by atoms with Crippen LogP contribution >= 0.6 is 0 Å². The van der Waals surface area contributed by atoms with Crippen LogP contribution in [0.25, 0.3) is 0 Å². The zero-order chi connectivity index (χ0) is 19.2. The minimum Gasteiger partial charge on any atom is -0.331 e. The first-order valence-corrected chi connectivity index (χ1v) is 10.9. The van der Waals surface area contributed by atoms with Gasteiger partial charge in [0.1, 0.15) is 6.23 Å². The summed E-state index contributed by atoms with van der Waals surface area (Å²) in [7, 11) is 4.25. The maximum Gasteiger partial charge on any atom is 0.201 e. The van der Waals surface area contributed by atoms with Gasteiger partial charge in [-0.05, 0) is 78.0 Å². The Morgan fingerprint density at radius 3 is 2.63 bits per heavy atom. The van der Waals surface area contributed by atoms with Gasteiger partial charge in [0.15, 0.2) is 11.9 Å². The Hall–Kier alpha value is -0.240. The monoisotopic (exact) mass is 382 g/mol. The van der Waals surface area contributed by atoms with Gasteiger partial charge >= 0.3 is 0 Å². The predicted molar refractivity (Wildman–Crippen MR) is 103 cm³/mol. The number of ether oxygens (including phenoxy) is 2. The van der Waals surface area contributed by atoms with Crippen molar-refractivity contribution in [3.8, 4) is 0 Å². The maximum absolute atomic E-state index is 6.54. The number of unbranched alkanes of at least 4 members (excludes halogenated alkanes) is 1. The Bertz CT molecular complexity index is 532. The highest BCUT2D eigenvalue weighted by molar-refractivity contribution is 5.09. The van der Waals surface area contributed by atoms with Crippen LogP contribution in [0, 0.1) is 23.7 Å². The molecule has 2 bridgehead atoms. The second-order valence-corrected chi connectivity index (χ2v) is 9.79. The second-order valence-electron chi connectivity index (χ2n) is 9.79. The molecular formula is C21H38N2O4. The summed E-state index contributed by atoms with van der Waals surface area (Å²) >= 11 is 0. The van der Waals surface area contributed by atoms with E-state index in [0.717, 1.165) is 38.8 Å². The van der Waals surface area contributed by atoms with Gasteiger partial charge in [-0.15, -0.1) is 0 Å². The van der Waals surface area contributed by atoms with Crippen LogP contribution in [0.1, 0.15) is 59.3 Å². The van der Waals surface area contributed by atoms with E-state index in [0.29, 0.717) is 23.7 Å². The van der Waals surface area contributed by atoms with Crippen molar-refractivity contribution < 1.29 is 19.2 Å². The molecule has 1 saturated carbocycles. The molecule has 8 atom stereocenters. The number of hydrogen-bond acceptors (Lipinski definition) is 6. The van der Waals surface area contributed by atoms with Crippen molar-refractivity contribution in [3.05, 3.63) is 0 Å². The molecule has 4 heterocycles. The lowest BCUT2D eigenvalue weighted by Gasteiger charge is -2.60. The Balaban J connectivity index is 1.48. The van der Waals surface area contributed by atoms with E-state index >= 15 is 0 Å². The Labute approximate surface area is 164 Å². The van der Waals surface area contributed by atoms with Gasteiger partial charge in [-0.3, -0.25) is 5.32 Å². The van der Waals surface area contributed by atoms with Crippen LogP contribution < -0.4 is 5.32 Å². The second kappa shape index (κ2) is 7.54. The zero-order valence-corrected chi connectivity index (χ0v) is 17.7. The molecule has 1 unspecified atom stereocenters. The molecule has 5 rings (SSSR count). The number of hydrogen-bond donors (Lipinski definition) is 1. The maximum atomic E-state index is 6.54. The third-order valence-corrected chi connectivity index (χ3v) is 7.54. The third-order valence-electron chi connectivity index (χ3n) is 7.54. The highest BCUT2D eigenvalue weighted by Gasteiger charge is 2.69. The van der Waals surface area contributed by atoms with Crippen LogP contribution in [-0.4, -0.2) is 56.0 Å². The number of nitrogens with zero attached hydrogens (tertiary/aromatic N) is 1. The molecule has 156 valence electrons. The lowest BCUT2D eigenvalue weighted by atomic mass is 9.58. The lowest BCUT2D eigenvalue weighted by molar-refractivity contribution is -0.571. The number of fused-ring (bicyclic) bond motifs is 2. The summed E-state index contributed by atoms with van der Waals surface area (Å²) in [5.41, 5.74) is -0.448. The molecule has 1 N–H and O–H groups in total. The predicted octanol–water partition coefficient (Wildman–Crippen LogP) is 3.13. The summed E-state index contributed by atoms with van der Waals surface area (Å²) in [5.74, 6) is 1.14. The molecule has 5 fully saturated rings. The van der Waals surface area contributed by atoms with Crippen molar-refractivity contribution in [3.63, 3.8) is 0 Å². The van der Waals surface area contributed by atoms with Gasteiger partial charge in [0.2, 0.25) is 5.79 Å². The zero-order valence-electron chi connectivity index (χ0n) is 17.7. The van der Waals surface area contributed by atoms with Gasteiger partial charge in [0, 0.05) is 18.3 Å². The Morgan fingerprint density at radius 2 is 1.85 bits per heavy atom. The third kappa shape index (κ3) is 3.47. The van der Waals surface area contributed by atoms with Crippen LogP contribution in [0.3, 0.4) is 0 Å². The molecule has 0 radical (unpaired) electrons. The SMILES string of the molecule is C[C@@H]1CC[C@H]2[C@@H](C)C(NCCCCN(C)C)O[C@@H]3O[C@]4(C)CC[C@@H]1[C@]32OO4. The van der Waals surface area contributed by atoms with Gasteiger partial charge < -0.3 is 14.4 Å². The topological polar surface area (TPSA) is 52.2 Å². The van der Waals surface area contributed by atoms with E-state index in [1.165, 1.54) is 12.8 Å². The van der Waals surface area contributed by atoms with E-state index in [1.807, 2.05) is 6.92 Å².